The average molecular weight is 598 g/mol. The van der Waals surface area contributed by atoms with Gasteiger partial charge in [0.15, 0.2) is 0 Å². The highest BCUT2D eigenvalue weighted by Gasteiger charge is 2.47. The fourth-order valence-corrected chi connectivity index (χ4v) is 7.86. The van der Waals surface area contributed by atoms with E-state index in [1.165, 1.54) is 12.1 Å². The first-order valence-electron chi connectivity index (χ1n) is 13.4. The first-order valence-corrected chi connectivity index (χ1v) is 15.5. The van der Waals surface area contributed by atoms with E-state index in [4.69, 9.17) is 4.74 Å². The topological polar surface area (TPSA) is 93.5 Å². The number of rotatable bonds is 10. The van der Waals surface area contributed by atoms with Crippen molar-refractivity contribution in [2.24, 2.45) is 11.3 Å². The lowest BCUT2D eigenvalue weighted by atomic mass is 9.74. The number of para-hydroxylation sites is 1. The van der Waals surface area contributed by atoms with Crippen LogP contribution in [0.1, 0.15) is 57.1 Å². The van der Waals surface area contributed by atoms with Crippen molar-refractivity contribution >= 4 is 33.2 Å². The molecule has 2 aromatic carbocycles. The molecule has 1 heterocycles. The SMILES string of the molecule is CC(C)[C@]1(C(=O)NCc2cc(C(F)(F)F)ccc2SSc2ccccc2[N+](=O)[O-])CC[C@@H](NC2CCOCC2)C1. The van der Waals surface area contributed by atoms with E-state index in [0.717, 1.165) is 66.2 Å². The summed E-state index contributed by atoms with van der Waals surface area (Å²) < 4.78 is 46.1. The highest BCUT2D eigenvalue weighted by molar-refractivity contribution is 8.76. The minimum absolute atomic E-state index is 0.0542. The first kappa shape index (κ1) is 30.7. The van der Waals surface area contributed by atoms with Gasteiger partial charge in [0.1, 0.15) is 0 Å². The molecule has 1 aliphatic heterocycles. The molecule has 0 bridgehead atoms. The van der Waals surface area contributed by atoms with Gasteiger partial charge in [-0.25, -0.2) is 0 Å². The van der Waals surface area contributed by atoms with Gasteiger partial charge in [-0.1, -0.05) is 36.8 Å². The minimum Gasteiger partial charge on any atom is -0.381 e. The number of hydrogen-bond donors (Lipinski definition) is 2. The summed E-state index contributed by atoms with van der Waals surface area (Å²) in [4.78, 5) is 25.4. The third-order valence-electron chi connectivity index (χ3n) is 7.91. The maximum Gasteiger partial charge on any atom is 0.416 e. The Morgan fingerprint density at radius 1 is 1.10 bits per heavy atom. The van der Waals surface area contributed by atoms with E-state index < -0.39 is 22.1 Å². The van der Waals surface area contributed by atoms with E-state index in [1.54, 1.807) is 18.2 Å². The highest BCUT2D eigenvalue weighted by Crippen LogP contribution is 2.46. The number of amides is 1. The number of alkyl halides is 3. The van der Waals surface area contributed by atoms with E-state index in [9.17, 15) is 28.1 Å². The predicted octanol–water partition coefficient (Wildman–Crippen LogP) is 6.99. The third-order valence-corrected chi connectivity index (χ3v) is 10.4. The fraction of sp³-hybridized carbons (Fsp3) is 0.536. The molecule has 2 fully saturated rings. The number of nitro benzene ring substituents is 1. The van der Waals surface area contributed by atoms with Gasteiger partial charge >= 0.3 is 6.18 Å². The molecule has 2 aromatic rings. The molecule has 1 saturated heterocycles. The Hall–Kier alpha value is -2.28. The van der Waals surface area contributed by atoms with E-state index in [2.05, 4.69) is 10.6 Å². The Labute approximate surface area is 239 Å². The van der Waals surface area contributed by atoms with Crippen LogP contribution in [0.3, 0.4) is 0 Å². The van der Waals surface area contributed by atoms with Gasteiger partial charge in [0.25, 0.3) is 5.69 Å². The van der Waals surface area contributed by atoms with Crippen LogP contribution in [0.4, 0.5) is 18.9 Å². The van der Waals surface area contributed by atoms with Gasteiger partial charge in [0.2, 0.25) is 5.91 Å². The van der Waals surface area contributed by atoms with Gasteiger partial charge in [0, 0.05) is 42.8 Å². The molecular formula is C28H34F3N3O4S2. The second-order valence-corrected chi connectivity index (χ2v) is 12.9. The number of nitrogens with one attached hydrogen (secondary N) is 2. The molecule has 0 spiro atoms. The number of benzene rings is 2. The molecule has 1 aliphatic carbocycles. The highest BCUT2D eigenvalue weighted by atomic mass is 33.1. The molecular weight excluding hydrogens is 563 g/mol. The van der Waals surface area contributed by atoms with Crippen LogP contribution in [-0.2, 0) is 22.3 Å². The van der Waals surface area contributed by atoms with Crippen molar-refractivity contribution in [1.29, 1.82) is 0 Å². The van der Waals surface area contributed by atoms with Gasteiger partial charge in [-0.15, -0.1) is 0 Å². The summed E-state index contributed by atoms with van der Waals surface area (Å²) in [6, 6.07) is 10.2. The monoisotopic (exact) mass is 597 g/mol. The van der Waals surface area contributed by atoms with Gasteiger partial charge < -0.3 is 15.4 Å². The minimum atomic E-state index is -4.54. The third kappa shape index (κ3) is 7.32. The van der Waals surface area contributed by atoms with Crippen molar-refractivity contribution in [3.8, 4) is 0 Å². The van der Waals surface area contributed by atoms with Crippen LogP contribution in [0.5, 0.6) is 0 Å². The van der Waals surface area contributed by atoms with Crippen molar-refractivity contribution in [3.63, 3.8) is 0 Å². The van der Waals surface area contributed by atoms with Crippen LogP contribution in [0, 0.1) is 21.4 Å². The standard InChI is InChI=1S/C28H34F3N3O4S2/c1-18(2)27(12-9-22(16-27)33-21-10-13-38-14-11-21)26(35)32-17-19-15-20(28(29,30)31)7-8-24(19)39-40-25-6-4-3-5-23(25)34(36)37/h3-8,15,18,21-22,33H,9-14,16-17H2,1-2H3,(H,32,35)/t22-,27+/m1/s1. The summed E-state index contributed by atoms with van der Waals surface area (Å²) in [5.74, 6) is -0.1000. The number of hydrogen-bond acceptors (Lipinski definition) is 7. The molecule has 0 unspecified atom stereocenters. The molecule has 40 heavy (non-hydrogen) atoms. The predicted molar refractivity (Wildman–Crippen MR) is 150 cm³/mol. The Morgan fingerprint density at radius 2 is 1.80 bits per heavy atom. The second kappa shape index (κ2) is 13.1. The lowest BCUT2D eigenvalue weighted by Crippen LogP contribution is -2.45. The van der Waals surface area contributed by atoms with Crippen LogP contribution in [-0.4, -0.2) is 36.1 Å². The van der Waals surface area contributed by atoms with Crippen molar-refractivity contribution in [2.45, 2.75) is 80.5 Å². The zero-order valence-corrected chi connectivity index (χ0v) is 24.1. The van der Waals surface area contributed by atoms with Gasteiger partial charge in [-0.05, 0) is 78.6 Å². The molecule has 1 saturated carbocycles. The van der Waals surface area contributed by atoms with Crippen LogP contribution in [0.2, 0.25) is 0 Å². The quantitative estimate of drug-likeness (QED) is 0.173. The summed E-state index contributed by atoms with van der Waals surface area (Å²) >= 11 is 0. The van der Waals surface area contributed by atoms with Crippen molar-refractivity contribution in [1.82, 2.24) is 10.6 Å². The Bertz CT molecular complexity index is 1210. The normalized spacial score (nSPS) is 22.0. The van der Waals surface area contributed by atoms with Crippen molar-refractivity contribution < 1.29 is 27.6 Å². The summed E-state index contributed by atoms with van der Waals surface area (Å²) in [6.07, 6.45) is -0.420. The molecule has 2 N–H and O–H groups in total. The molecule has 218 valence electrons. The molecule has 2 atom stereocenters. The summed E-state index contributed by atoms with van der Waals surface area (Å²) in [7, 11) is 2.23. The Balaban J connectivity index is 1.49. The molecule has 0 radical (unpaired) electrons. The van der Waals surface area contributed by atoms with E-state index in [0.29, 0.717) is 34.2 Å². The Morgan fingerprint density at radius 3 is 2.48 bits per heavy atom. The zero-order valence-electron chi connectivity index (χ0n) is 22.5. The molecule has 7 nitrogen and oxygen atoms in total. The fourth-order valence-electron chi connectivity index (χ4n) is 5.50. The van der Waals surface area contributed by atoms with Crippen molar-refractivity contribution in [3.05, 3.63) is 63.7 Å². The lowest BCUT2D eigenvalue weighted by Gasteiger charge is -2.33. The maximum absolute atomic E-state index is 13.6. The second-order valence-electron chi connectivity index (χ2n) is 10.7. The van der Waals surface area contributed by atoms with E-state index in [1.807, 2.05) is 13.8 Å². The lowest BCUT2D eigenvalue weighted by molar-refractivity contribution is -0.387. The Kier molecular flexibility index (Phi) is 10.1. The summed E-state index contributed by atoms with van der Waals surface area (Å²) in [5, 5.41) is 18.0. The molecule has 12 heteroatoms. The summed E-state index contributed by atoms with van der Waals surface area (Å²) in [5.41, 5.74) is -1.19. The number of nitro groups is 1. The zero-order chi connectivity index (χ0) is 28.9. The number of carbonyl (C=O) groups is 1. The van der Waals surface area contributed by atoms with E-state index in [-0.39, 0.29) is 30.1 Å². The molecule has 1 amide bonds. The van der Waals surface area contributed by atoms with Crippen LogP contribution < -0.4 is 10.6 Å². The maximum atomic E-state index is 13.6. The number of halogens is 3. The van der Waals surface area contributed by atoms with Gasteiger partial charge in [-0.2, -0.15) is 13.2 Å². The van der Waals surface area contributed by atoms with Crippen LogP contribution in [0.25, 0.3) is 0 Å². The van der Waals surface area contributed by atoms with Gasteiger partial charge in [-0.3, -0.25) is 14.9 Å². The molecule has 4 rings (SSSR count). The average Bonchev–Trinajstić information content (AvgIpc) is 3.36. The van der Waals surface area contributed by atoms with Gasteiger partial charge in [0.05, 0.1) is 20.8 Å². The molecule has 2 aliphatic rings. The number of carbonyl (C=O) groups excluding carboxylic acids is 1. The number of nitrogens with zero attached hydrogens (tertiary/aromatic N) is 1. The summed E-state index contributed by atoms with van der Waals surface area (Å²) in [6.45, 7) is 5.42. The molecule has 0 aromatic heterocycles. The van der Waals surface area contributed by atoms with Crippen molar-refractivity contribution in [2.75, 3.05) is 13.2 Å². The van der Waals surface area contributed by atoms with Crippen LogP contribution in [0.15, 0.2) is 52.3 Å². The van der Waals surface area contributed by atoms with E-state index >= 15 is 0 Å². The largest absolute Gasteiger partial charge is 0.416 e. The van der Waals surface area contributed by atoms with Crippen LogP contribution >= 0.6 is 21.6 Å². The number of ether oxygens (including phenoxy) is 1. The first-order chi connectivity index (χ1) is 19.0. The smallest absolute Gasteiger partial charge is 0.381 e.